The smallest absolute Gasteiger partial charge is 0.317 e. The van der Waals surface area contributed by atoms with Crippen LogP contribution in [0.5, 0.6) is 0 Å². The Morgan fingerprint density at radius 2 is 2.11 bits per heavy atom. The maximum absolute atomic E-state index is 10.8. The molecular formula is C14H20ClNO2. The van der Waals surface area contributed by atoms with E-state index in [2.05, 4.69) is 13.8 Å². The average molecular weight is 270 g/mol. The topological polar surface area (TPSA) is 40.5 Å². The van der Waals surface area contributed by atoms with E-state index in [1.165, 1.54) is 0 Å². The Kier molecular flexibility index (Phi) is 5.63. The second-order valence-corrected chi connectivity index (χ2v) is 5.45. The van der Waals surface area contributed by atoms with Gasteiger partial charge in [0.05, 0.1) is 6.54 Å². The van der Waals surface area contributed by atoms with E-state index in [4.69, 9.17) is 16.7 Å². The summed E-state index contributed by atoms with van der Waals surface area (Å²) in [6, 6.07) is 5.87. The van der Waals surface area contributed by atoms with Crippen LogP contribution in [0.4, 0.5) is 0 Å². The van der Waals surface area contributed by atoms with E-state index < -0.39 is 5.97 Å². The number of carboxylic acid groups (broad SMARTS) is 1. The first kappa shape index (κ1) is 15.0. The first-order chi connectivity index (χ1) is 8.38. The van der Waals surface area contributed by atoms with Gasteiger partial charge in [-0.3, -0.25) is 9.69 Å². The van der Waals surface area contributed by atoms with Crippen molar-refractivity contribution in [2.45, 2.75) is 27.3 Å². The molecule has 1 rings (SSSR count). The van der Waals surface area contributed by atoms with Gasteiger partial charge in [0.25, 0.3) is 0 Å². The highest BCUT2D eigenvalue weighted by Crippen LogP contribution is 2.18. The molecule has 0 unspecified atom stereocenters. The summed E-state index contributed by atoms with van der Waals surface area (Å²) in [6.45, 7) is 7.55. The van der Waals surface area contributed by atoms with Gasteiger partial charge in [0.15, 0.2) is 0 Å². The van der Waals surface area contributed by atoms with Gasteiger partial charge in [-0.1, -0.05) is 37.6 Å². The molecule has 0 fully saturated rings. The molecule has 0 heterocycles. The first-order valence-electron chi connectivity index (χ1n) is 6.07. The highest BCUT2D eigenvalue weighted by molar-refractivity contribution is 6.31. The fourth-order valence-electron chi connectivity index (χ4n) is 1.89. The zero-order valence-electron chi connectivity index (χ0n) is 11.1. The third-order valence-corrected chi connectivity index (χ3v) is 3.03. The second kappa shape index (κ2) is 6.76. The molecule has 0 bridgehead atoms. The highest BCUT2D eigenvalue weighted by atomic mass is 35.5. The van der Waals surface area contributed by atoms with Crippen molar-refractivity contribution in [3.05, 3.63) is 34.3 Å². The first-order valence-corrected chi connectivity index (χ1v) is 6.45. The van der Waals surface area contributed by atoms with Crippen molar-refractivity contribution in [3.8, 4) is 0 Å². The van der Waals surface area contributed by atoms with Gasteiger partial charge in [-0.15, -0.1) is 0 Å². The largest absolute Gasteiger partial charge is 0.480 e. The van der Waals surface area contributed by atoms with Gasteiger partial charge in [-0.05, 0) is 30.0 Å². The lowest BCUT2D eigenvalue weighted by molar-refractivity contribution is -0.138. The number of carboxylic acids is 1. The van der Waals surface area contributed by atoms with Crippen LogP contribution in [0.1, 0.15) is 25.0 Å². The van der Waals surface area contributed by atoms with Gasteiger partial charge < -0.3 is 5.11 Å². The molecule has 0 aliphatic rings. The molecule has 1 aromatic rings. The number of aliphatic carboxylic acids is 1. The molecule has 0 atom stereocenters. The SMILES string of the molecule is Cc1ccc(CN(CC(=O)O)CC(C)C)cc1Cl. The summed E-state index contributed by atoms with van der Waals surface area (Å²) in [6.07, 6.45) is 0. The van der Waals surface area contributed by atoms with Crippen LogP contribution >= 0.6 is 11.6 Å². The second-order valence-electron chi connectivity index (χ2n) is 5.04. The Hall–Kier alpha value is -1.06. The summed E-state index contributed by atoms with van der Waals surface area (Å²) in [7, 11) is 0. The highest BCUT2D eigenvalue weighted by Gasteiger charge is 2.12. The number of hydrogen-bond donors (Lipinski definition) is 1. The van der Waals surface area contributed by atoms with Crippen LogP contribution in [0.15, 0.2) is 18.2 Å². The number of nitrogens with zero attached hydrogens (tertiary/aromatic N) is 1. The molecule has 0 aromatic heterocycles. The standard InChI is InChI=1S/C14H20ClNO2/c1-10(2)7-16(9-14(17)18)8-12-5-4-11(3)13(15)6-12/h4-6,10H,7-9H2,1-3H3,(H,17,18). The molecule has 0 spiro atoms. The van der Waals surface area contributed by atoms with Gasteiger partial charge in [-0.2, -0.15) is 0 Å². The Morgan fingerprint density at radius 1 is 1.44 bits per heavy atom. The molecule has 0 saturated carbocycles. The van der Waals surface area contributed by atoms with E-state index in [1.54, 1.807) is 0 Å². The zero-order valence-corrected chi connectivity index (χ0v) is 11.9. The summed E-state index contributed by atoms with van der Waals surface area (Å²) in [5, 5.41) is 9.63. The van der Waals surface area contributed by atoms with E-state index in [-0.39, 0.29) is 6.54 Å². The maximum atomic E-state index is 10.8. The van der Waals surface area contributed by atoms with Crippen molar-refractivity contribution >= 4 is 17.6 Å². The molecule has 0 saturated heterocycles. The van der Waals surface area contributed by atoms with Crippen LogP contribution < -0.4 is 0 Å². The van der Waals surface area contributed by atoms with Crippen LogP contribution in [0.3, 0.4) is 0 Å². The molecule has 1 aromatic carbocycles. The number of hydrogen-bond acceptors (Lipinski definition) is 2. The summed E-state index contributed by atoms with van der Waals surface area (Å²) in [4.78, 5) is 12.8. The zero-order chi connectivity index (χ0) is 13.7. The number of rotatable bonds is 6. The number of halogens is 1. The predicted molar refractivity (Wildman–Crippen MR) is 73.9 cm³/mol. The van der Waals surface area contributed by atoms with Crippen LogP contribution in [-0.2, 0) is 11.3 Å². The van der Waals surface area contributed by atoms with E-state index >= 15 is 0 Å². The quantitative estimate of drug-likeness (QED) is 0.862. The van der Waals surface area contributed by atoms with Gasteiger partial charge in [0.2, 0.25) is 0 Å². The van der Waals surface area contributed by atoms with Gasteiger partial charge >= 0.3 is 5.97 Å². The third-order valence-electron chi connectivity index (χ3n) is 2.62. The van der Waals surface area contributed by atoms with Crippen molar-refractivity contribution in [1.29, 1.82) is 0 Å². The van der Waals surface area contributed by atoms with Crippen LogP contribution in [0.25, 0.3) is 0 Å². The summed E-state index contributed by atoms with van der Waals surface area (Å²) >= 11 is 6.07. The molecule has 0 aliphatic heterocycles. The summed E-state index contributed by atoms with van der Waals surface area (Å²) in [5.74, 6) is -0.362. The lowest BCUT2D eigenvalue weighted by atomic mass is 10.1. The normalized spacial score (nSPS) is 11.2. The Morgan fingerprint density at radius 3 is 2.61 bits per heavy atom. The summed E-state index contributed by atoms with van der Waals surface area (Å²) in [5.41, 5.74) is 2.08. The van der Waals surface area contributed by atoms with E-state index in [0.717, 1.165) is 22.7 Å². The Balaban J connectivity index is 2.74. The van der Waals surface area contributed by atoms with Crippen molar-refractivity contribution in [3.63, 3.8) is 0 Å². The minimum Gasteiger partial charge on any atom is -0.480 e. The molecule has 1 N–H and O–H groups in total. The Labute approximate surface area is 113 Å². The van der Waals surface area contributed by atoms with Crippen LogP contribution in [0, 0.1) is 12.8 Å². The van der Waals surface area contributed by atoms with Gasteiger partial charge in [0.1, 0.15) is 0 Å². The monoisotopic (exact) mass is 269 g/mol. The fraction of sp³-hybridized carbons (Fsp3) is 0.500. The molecule has 0 amide bonds. The lowest BCUT2D eigenvalue weighted by Crippen LogP contribution is -2.32. The van der Waals surface area contributed by atoms with Crippen molar-refractivity contribution in [2.24, 2.45) is 5.92 Å². The molecule has 4 heteroatoms. The number of aryl methyl sites for hydroxylation is 1. The van der Waals surface area contributed by atoms with E-state index in [1.807, 2.05) is 30.0 Å². The molecule has 3 nitrogen and oxygen atoms in total. The van der Waals surface area contributed by atoms with Crippen molar-refractivity contribution in [2.75, 3.05) is 13.1 Å². The lowest BCUT2D eigenvalue weighted by Gasteiger charge is -2.22. The number of carbonyl (C=O) groups is 1. The fourth-order valence-corrected chi connectivity index (χ4v) is 2.09. The molecule has 0 aliphatic carbocycles. The average Bonchev–Trinajstić information content (AvgIpc) is 2.21. The molecule has 0 radical (unpaired) electrons. The van der Waals surface area contributed by atoms with E-state index in [9.17, 15) is 4.79 Å². The molecular weight excluding hydrogens is 250 g/mol. The van der Waals surface area contributed by atoms with E-state index in [0.29, 0.717) is 12.5 Å². The minimum absolute atomic E-state index is 0.0592. The number of benzene rings is 1. The predicted octanol–water partition coefficient (Wildman–Crippen LogP) is 3.19. The minimum atomic E-state index is -0.797. The van der Waals surface area contributed by atoms with Crippen LogP contribution in [0.2, 0.25) is 5.02 Å². The van der Waals surface area contributed by atoms with Gasteiger partial charge in [-0.25, -0.2) is 0 Å². The summed E-state index contributed by atoms with van der Waals surface area (Å²) < 4.78 is 0. The molecule has 100 valence electrons. The van der Waals surface area contributed by atoms with Crippen molar-refractivity contribution in [1.82, 2.24) is 4.90 Å². The van der Waals surface area contributed by atoms with Crippen molar-refractivity contribution < 1.29 is 9.90 Å². The maximum Gasteiger partial charge on any atom is 0.317 e. The third kappa shape index (κ3) is 5.07. The van der Waals surface area contributed by atoms with Gasteiger partial charge in [0, 0.05) is 18.1 Å². The molecule has 18 heavy (non-hydrogen) atoms. The van der Waals surface area contributed by atoms with Crippen LogP contribution in [-0.4, -0.2) is 29.1 Å². The Bertz CT molecular complexity index is 418.